The summed E-state index contributed by atoms with van der Waals surface area (Å²) < 4.78 is 0. The molecule has 1 aromatic rings. The van der Waals surface area contributed by atoms with Crippen LogP contribution in [-0.2, 0) is 0 Å². The highest BCUT2D eigenvalue weighted by Crippen LogP contribution is 2.16. The van der Waals surface area contributed by atoms with E-state index in [4.69, 9.17) is 5.73 Å². The van der Waals surface area contributed by atoms with Gasteiger partial charge in [-0.05, 0) is 38.8 Å². The van der Waals surface area contributed by atoms with Crippen LogP contribution in [0.15, 0.2) is 30.3 Å². The molecule has 0 bridgehead atoms. The maximum Gasteiger partial charge on any atom is 0.0366 e. The summed E-state index contributed by atoms with van der Waals surface area (Å²) in [6.07, 6.45) is 3.49. The Bertz CT molecular complexity index is 300. The van der Waals surface area contributed by atoms with Crippen molar-refractivity contribution >= 4 is 5.69 Å². The Hall–Kier alpha value is -1.02. The second-order valence-corrected chi connectivity index (χ2v) is 5.41. The van der Waals surface area contributed by atoms with Gasteiger partial charge >= 0.3 is 0 Å². The van der Waals surface area contributed by atoms with Gasteiger partial charge in [0.05, 0.1) is 0 Å². The molecule has 0 aromatic heterocycles. The molecule has 0 saturated carbocycles. The summed E-state index contributed by atoms with van der Waals surface area (Å²) in [6.45, 7) is 8.58. The molecule has 0 fully saturated rings. The van der Waals surface area contributed by atoms with E-state index in [9.17, 15) is 0 Å². The van der Waals surface area contributed by atoms with Gasteiger partial charge in [0.2, 0.25) is 0 Å². The Morgan fingerprint density at radius 1 is 1.12 bits per heavy atom. The molecule has 0 unspecified atom stereocenters. The average molecular weight is 234 g/mol. The van der Waals surface area contributed by atoms with Crippen molar-refractivity contribution < 1.29 is 0 Å². The van der Waals surface area contributed by atoms with Gasteiger partial charge in [-0.2, -0.15) is 0 Å². The quantitative estimate of drug-likeness (QED) is 0.783. The van der Waals surface area contributed by atoms with Crippen molar-refractivity contribution in [1.82, 2.24) is 0 Å². The van der Waals surface area contributed by atoms with Crippen molar-refractivity contribution in [1.29, 1.82) is 0 Å². The van der Waals surface area contributed by atoms with E-state index in [1.165, 1.54) is 18.5 Å². The first kappa shape index (κ1) is 14.0. The summed E-state index contributed by atoms with van der Waals surface area (Å²) in [5, 5.41) is 0. The van der Waals surface area contributed by atoms with Gasteiger partial charge < -0.3 is 10.6 Å². The first-order valence-corrected chi connectivity index (χ1v) is 6.62. The van der Waals surface area contributed by atoms with Gasteiger partial charge in [-0.15, -0.1) is 0 Å². The molecule has 1 aromatic carbocycles. The third kappa shape index (κ3) is 5.73. The molecule has 0 heterocycles. The van der Waals surface area contributed by atoms with E-state index in [2.05, 4.69) is 56.0 Å². The van der Waals surface area contributed by atoms with Crippen LogP contribution in [0.2, 0.25) is 0 Å². The summed E-state index contributed by atoms with van der Waals surface area (Å²) >= 11 is 0. The number of unbranched alkanes of at least 4 members (excludes halogenated alkanes) is 1. The Kier molecular flexibility index (Phi) is 5.49. The molecule has 0 saturated heterocycles. The van der Waals surface area contributed by atoms with E-state index >= 15 is 0 Å². The highest BCUT2D eigenvalue weighted by atomic mass is 15.1. The second kappa shape index (κ2) is 6.65. The monoisotopic (exact) mass is 234 g/mol. The number of para-hydroxylation sites is 1. The van der Waals surface area contributed by atoms with E-state index < -0.39 is 0 Å². The molecule has 2 N–H and O–H groups in total. The zero-order valence-electron chi connectivity index (χ0n) is 11.4. The minimum atomic E-state index is -0.0841. The molecule has 17 heavy (non-hydrogen) atoms. The molecule has 0 amide bonds. The fraction of sp³-hybridized carbons (Fsp3) is 0.600. The molecular formula is C15H26N2. The fourth-order valence-electron chi connectivity index (χ4n) is 1.78. The topological polar surface area (TPSA) is 29.3 Å². The molecule has 2 heteroatoms. The standard InChI is InChI=1S/C15H26N2/c1-4-5-12-17(13-11-15(2,3)16)14-9-7-6-8-10-14/h6-10H,4-5,11-13,16H2,1-3H3. The lowest BCUT2D eigenvalue weighted by molar-refractivity contribution is 0.472. The Balaban J connectivity index is 2.61. The van der Waals surface area contributed by atoms with E-state index in [-0.39, 0.29) is 5.54 Å². The lowest BCUT2D eigenvalue weighted by Crippen LogP contribution is -2.37. The maximum absolute atomic E-state index is 6.06. The van der Waals surface area contributed by atoms with Crippen LogP contribution >= 0.6 is 0 Å². The van der Waals surface area contributed by atoms with Gasteiger partial charge in [0.25, 0.3) is 0 Å². The smallest absolute Gasteiger partial charge is 0.0366 e. The lowest BCUT2D eigenvalue weighted by Gasteiger charge is -2.28. The van der Waals surface area contributed by atoms with Gasteiger partial charge in [0.1, 0.15) is 0 Å². The maximum atomic E-state index is 6.06. The molecule has 1 rings (SSSR count). The predicted octanol–water partition coefficient (Wildman–Crippen LogP) is 3.42. The second-order valence-electron chi connectivity index (χ2n) is 5.41. The molecule has 0 radical (unpaired) electrons. The number of nitrogens with two attached hydrogens (primary N) is 1. The molecule has 96 valence electrons. The van der Waals surface area contributed by atoms with Crippen LogP contribution < -0.4 is 10.6 Å². The third-order valence-electron chi connectivity index (χ3n) is 2.93. The molecule has 0 atom stereocenters. The first-order chi connectivity index (χ1) is 8.03. The van der Waals surface area contributed by atoms with Gasteiger partial charge in [0.15, 0.2) is 0 Å². The summed E-state index contributed by atoms with van der Waals surface area (Å²) in [4.78, 5) is 2.44. The van der Waals surface area contributed by atoms with Crippen LogP contribution in [-0.4, -0.2) is 18.6 Å². The Morgan fingerprint density at radius 2 is 1.76 bits per heavy atom. The highest BCUT2D eigenvalue weighted by Gasteiger charge is 2.13. The summed E-state index contributed by atoms with van der Waals surface area (Å²) in [5.41, 5.74) is 7.29. The van der Waals surface area contributed by atoms with Gasteiger partial charge in [-0.25, -0.2) is 0 Å². The summed E-state index contributed by atoms with van der Waals surface area (Å²) in [5.74, 6) is 0. The van der Waals surface area contributed by atoms with Gasteiger partial charge in [-0.3, -0.25) is 0 Å². The highest BCUT2D eigenvalue weighted by molar-refractivity contribution is 5.45. The largest absolute Gasteiger partial charge is 0.371 e. The molecule has 0 spiro atoms. The van der Waals surface area contributed by atoms with Crippen molar-refractivity contribution in [3.05, 3.63) is 30.3 Å². The first-order valence-electron chi connectivity index (χ1n) is 6.62. The minimum Gasteiger partial charge on any atom is -0.371 e. The van der Waals surface area contributed by atoms with Crippen molar-refractivity contribution in [2.45, 2.75) is 45.6 Å². The van der Waals surface area contributed by atoms with Gasteiger partial charge in [-0.1, -0.05) is 31.5 Å². The third-order valence-corrected chi connectivity index (χ3v) is 2.93. The SMILES string of the molecule is CCCCN(CCC(C)(C)N)c1ccccc1. The van der Waals surface area contributed by atoms with E-state index in [1.807, 2.05) is 0 Å². The van der Waals surface area contributed by atoms with Crippen molar-refractivity contribution in [3.63, 3.8) is 0 Å². The zero-order valence-corrected chi connectivity index (χ0v) is 11.4. The van der Waals surface area contributed by atoms with Crippen LogP contribution in [0.5, 0.6) is 0 Å². The molecule has 0 aliphatic carbocycles. The summed E-state index contributed by atoms with van der Waals surface area (Å²) in [7, 11) is 0. The van der Waals surface area contributed by atoms with Crippen LogP contribution in [0.1, 0.15) is 40.0 Å². The minimum absolute atomic E-state index is 0.0841. The number of anilines is 1. The predicted molar refractivity (Wildman–Crippen MR) is 76.4 cm³/mol. The number of hydrogen-bond donors (Lipinski definition) is 1. The summed E-state index contributed by atoms with van der Waals surface area (Å²) in [6, 6.07) is 10.6. The fourth-order valence-corrected chi connectivity index (χ4v) is 1.78. The normalized spacial score (nSPS) is 11.5. The number of hydrogen-bond acceptors (Lipinski definition) is 2. The van der Waals surface area contributed by atoms with Crippen molar-refractivity contribution in [2.24, 2.45) is 5.73 Å². The molecule has 0 aliphatic rings. The molecule has 2 nitrogen and oxygen atoms in total. The molecule has 0 aliphatic heterocycles. The van der Waals surface area contributed by atoms with Crippen molar-refractivity contribution in [2.75, 3.05) is 18.0 Å². The van der Waals surface area contributed by atoms with Crippen LogP contribution in [0.25, 0.3) is 0 Å². The van der Waals surface area contributed by atoms with E-state index in [0.717, 1.165) is 19.5 Å². The van der Waals surface area contributed by atoms with E-state index in [1.54, 1.807) is 0 Å². The molecular weight excluding hydrogens is 208 g/mol. The van der Waals surface area contributed by atoms with Crippen LogP contribution in [0.3, 0.4) is 0 Å². The van der Waals surface area contributed by atoms with Crippen molar-refractivity contribution in [3.8, 4) is 0 Å². The number of nitrogens with zero attached hydrogens (tertiary/aromatic N) is 1. The number of benzene rings is 1. The number of rotatable bonds is 7. The van der Waals surface area contributed by atoms with Crippen LogP contribution in [0, 0.1) is 0 Å². The average Bonchev–Trinajstić information content (AvgIpc) is 2.29. The van der Waals surface area contributed by atoms with E-state index in [0.29, 0.717) is 0 Å². The van der Waals surface area contributed by atoms with Crippen LogP contribution in [0.4, 0.5) is 5.69 Å². The Labute approximate surface area is 106 Å². The van der Waals surface area contributed by atoms with Gasteiger partial charge in [0, 0.05) is 24.3 Å². The Morgan fingerprint density at radius 3 is 2.29 bits per heavy atom. The zero-order chi connectivity index (χ0) is 12.7. The lowest BCUT2D eigenvalue weighted by atomic mass is 10.0.